The van der Waals surface area contributed by atoms with Crippen molar-refractivity contribution in [1.29, 1.82) is 0 Å². The third-order valence-corrected chi connectivity index (χ3v) is 5.29. The molecule has 0 N–H and O–H groups in total. The minimum absolute atomic E-state index is 0.00826. The summed E-state index contributed by atoms with van der Waals surface area (Å²) < 4.78 is 8.88. The second-order valence-electron chi connectivity index (χ2n) is 5.51. The SMILES string of the molecule is O=C(OCc1cn2cc(Br)ccc2n1)c1cc2cc([N+](=O)[O-])ccc2s1. The Morgan fingerprint density at radius 3 is 2.92 bits per heavy atom. The summed E-state index contributed by atoms with van der Waals surface area (Å²) in [6.45, 7) is 0.0481. The molecule has 3 heterocycles. The number of carbonyl (C=O) groups excluding carboxylic acids is 1. The summed E-state index contributed by atoms with van der Waals surface area (Å²) in [6, 6.07) is 9.85. The number of non-ortho nitro benzene ring substituents is 1. The highest BCUT2D eigenvalue weighted by molar-refractivity contribution is 9.10. The number of hydrogen-bond donors (Lipinski definition) is 0. The Labute approximate surface area is 159 Å². The van der Waals surface area contributed by atoms with Gasteiger partial charge in [-0.25, -0.2) is 9.78 Å². The fourth-order valence-electron chi connectivity index (χ4n) is 2.54. The minimum Gasteiger partial charge on any atom is -0.455 e. The van der Waals surface area contributed by atoms with Crippen molar-refractivity contribution in [3.05, 3.63) is 74.0 Å². The van der Waals surface area contributed by atoms with Crippen LogP contribution in [0, 0.1) is 10.1 Å². The van der Waals surface area contributed by atoms with Gasteiger partial charge in [-0.1, -0.05) is 0 Å². The fraction of sp³-hybridized carbons (Fsp3) is 0.0588. The Morgan fingerprint density at radius 1 is 1.27 bits per heavy atom. The molecule has 0 aliphatic rings. The van der Waals surface area contributed by atoms with Gasteiger partial charge in [-0.15, -0.1) is 11.3 Å². The van der Waals surface area contributed by atoms with Crippen LogP contribution in [0.1, 0.15) is 15.4 Å². The summed E-state index contributed by atoms with van der Waals surface area (Å²) in [7, 11) is 0. The average molecular weight is 432 g/mol. The van der Waals surface area contributed by atoms with Crippen LogP contribution < -0.4 is 0 Å². The van der Waals surface area contributed by atoms with Gasteiger partial charge in [0.1, 0.15) is 17.1 Å². The van der Waals surface area contributed by atoms with Crippen LogP contribution in [0.2, 0.25) is 0 Å². The zero-order valence-electron chi connectivity index (χ0n) is 13.1. The molecule has 0 spiro atoms. The molecule has 4 rings (SSSR count). The molecule has 0 fully saturated rings. The van der Waals surface area contributed by atoms with Crippen LogP contribution in [-0.4, -0.2) is 20.3 Å². The second kappa shape index (κ2) is 6.50. The van der Waals surface area contributed by atoms with E-state index in [1.165, 1.54) is 23.5 Å². The van der Waals surface area contributed by atoms with Gasteiger partial charge in [-0.3, -0.25) is 10.1 Å². The highest BCUT2D eigenvalue weighted by Crippen LogP contribution is 2.29. The van der Waals surface area contributed by atoms with Gasteiger partial charge in [0.2, 0.25) is 0 Å². The van der Waals surface area contributed by atoms with Gasteiger partial charge in [0.25, 0.3) is 5.69 Å². The van der Waals surface area contributed by atoms with Crippen LogP contribution in [0.3, 0.4) is 0 Å². The Balaban J connectivity index is 1.51. The van der Waals surface area contributed by atoms with E-state index in [1.54, 1.807) is 18.3 Å². The summed E-state index contributed by atoms with van der Waals surface area (Å²) in [5.74, 6) is -0.480. The number of rotatable bonds is 4. The zero-order chi connectivity index (χ0) is 18.3. The Kier molecular flexibility index (Phi) is 4.17. The molecule has 1 aromatic carbocycles. The maximum atomic E-state index is 12.3. The van der Waals surface area contributed by atoms with Crippen LogP contribution in [0.25, 0.3) is 15.7 Å². The lowest BCUT2D eigenvalue weighted by Crippen LogP contribution is -2.03. The number of fused-ring (bicyclic) bond motifs is 2. The Hall–Kier alpha value is -2.78. The molecule has 0 bridgehead atoms. The molecule has 0 unspecified atom stereocenters. The number of imidazole rings is 1. The van der Waals surface area contributed by atoms with Crippen molar-refractivity contribution >= 4 is 54.7 Å². The van der Waals surface area contributed by atoms with E-state index in [2.05, 4.69) is 20.9 Å². The van der Waals surface area contributed by atoms with Gasteiger partial charge in [0.05, 0.1) is 10.6 Å². The lowest BCUT2D eigenvalue weighted by atomic mass is 10.2. The maximum Gasteiger partial charge on any atom is 0.348 e. The standard InChI is InChI=1S/C17H10BrN3O4S/c18-11-1-4-16-19-12(8-20(16)7-11)9-25-17(22)15-6-10-5-13(21(23)24)2-3-14(10)26-15/h1-8H,9H2. The normalized spacial score (nSPS) is 11.1. The van der Waals surface area contributed by atoms with Crippen LogP contribution in [0.4, 0.5) is 5.69 Å². The first-order valence-corrected chi connectivity index (χ1v) is 9.09. The Morgan fingerprint density at radius 2 is 2.12 bits per heavy atom. The lowest BCUT2D eigenvalue weighted by molar-refractivity contribution is -0.384. The van der Waals surface area contributed by atoms with E-state index in [0.717, 1.165) is 14.8 Å². The molecule has 0 aliphatic carbocycles. The molecule has 9 heteroatoms. The summed E-state index contributed by atoms with van der Waals surface area (Å²) in [6.07, 6.45) is 3.66. The molecule has 0 aliphatic heterocycles. The average Bonchev–Trinajstić information content (AvgIpc) is 3.21. The molecule has 7 nitrogen and oxygen atoms in total. The molecule has 0 radical (unpaired) electrons. The molecule has 0 saturated carbocycles. The van der Waals surface area contributed by atoms with Gasteiger partial charge in [0, 0.05) is 39.1 Å². The number of hydrogen-bond acceptors (Lipinski definition) is 6. The van der Waals surface area contributed by atoms with Gasteiger partial charge in [0.15, 0.2) is 0 Å². The number of pyridine rings is 1. The van der Waals surface area contributed by atoms with E-state index in [-0.39, 0.29) is 12.3 Å². The van der Waals surface area contributed by atoms with Crippen molar-refractivity contribution in [2.45, 2.75) is 6.61 Å². The summed E-state index contributed by atoms with van der Waals surface area (Å²) >= 11 is 4.63. The second-order valence-corrected chi connectivity index (χ2v) is 7.51. The van der Waals surface area contributed by atoms with Crippen molar-refractivity contribution in [2.75, 3.05) is 0 Å². The van der Waals surface area contributed by atoms with Gasteiger partial charge < -0.3 is 9.14 Å². The number of nitrogens with zero attached hydrogens (tertiary/aromatic N) is 3. The van der Waals surface area contributed by atoms with Crippen LogP contribution in [0.15, 0.2) is 53.3 Å². The number of halogens is 1. The molecule has 0 saturated heterocycles. The molecule has 3 aromatic heterocycles. The molecular weight excluding hydrogens is 422 g/mol. The Bertz CT molecular complexity index is 1170. The van der Waals surface area contributed by atoms with E-state index < -0.39 is 10.9 Å². The van der Waals surface area contributed by atoms with Crippen LogP contribution in [0.5, 0.6) is 0 Å². The van der Waals surface area contributed by atoms with E-state index in [9.17, 15) is 14.9 Å². The van der Waals surface area contributed by atoms with Crippen molar-refractivity contribution in [1.82, 2.24) is 9.38 Å². The third-order valence-electron chi connectivity index (χ3n) is 3.73. The molecule has 130 valence electrons. The van der Waals surface area contributed by atoms with E-state index in [0.29, 0.717) is 16.0 Å². The van der Waals surface area contributed by atoms with Crippen molar-refractivity contribution in [3.8, 4) is 0 Å². The van der Waals surface area contributed by atoms with E-state index in [1.807, 2.05) is 22.7 Å². The highest BCUT2D eigenvalue weighted by atomic mass is 79.9. The number of aromatic nitrogens is 2. The predicted molar refractivity (Wildman–Crippen MR) is 100 cm³/mol. The first kappa shape index (κ1) is 16.7. The fourth-order valence-corrected chi connectivity index (χ4v) is 3.83. The first-order chi connectivity index (χ1) is 12.5. The number of thiophene rings is 1. The predicted octanol–water partition coefficient (Wildman–Crippen LogP) is 4.58. The first-order valence-electron chi connectivity index (χ1n) is 7.48. The van der Waals surface area contributed by atoms with E-state index in [4.69, 9.17) is 4.74 Å². The van der Waals surface area contributed by atoms with Crippen molar-refractivity contribution in [2.24, 2.45) is 0 Å². The molecule has 4 aromatic rings. The number of nitro groups is 1. The largest absolute Gasteiger partial charge is 0.455 e. The van der Waals surface area contributed by atoms with Gasteiger partial charge in [-0.2, -0.15) is 0 Å². The number of ether oxygens (including phenoxy) is 1. The number of benzene rings is 1. The summed E-state index contributed by atoms with van der Waals surface area (Å²) in [5, 5.41) is 11.5. The molecular formula is C17H10BrN3O4S. The number of nitro benzene ring substituents is 1. The number of carbonyl (C=O) groups is 1. The van der Waals surface area contributed by atoms with Crippen molar-refractivity contribution < 1.29 is 14.5 Å². The monoisotopic (exact) mass is 431 g/mol. The lowest BCUT2D eigenvalue weighted by Gasteiger charge is -1.99. The highest BCUT2D eigenvalue weighted by Gasteiger charge is 2.15. The molecule has 0 amide bonds. The van der Waals surface area contributed by atoms with Gasteiger partial charge in [-0.05, 0) is 40.2 Å². The summed E-state index contributed by atoms with van der Waals surface area (Å²) in [5.41, 5.74) is 1.38. The maximum absolute atomic E-state index is 12.3. The number of esters is 1. The zero-order valence-corrected chi connectivity index (χ0v) is 15.5. The van der Waals surface area contributed by atoms with Crippen LogP contribution >= 0.6 is 27.3 Å². The van der Waals surface area contributed by atoms with E-state index >= 15 is 0 Å². The molecule has 26 heavy (non-hydrogen) atoms. The summed E-state index contributed by atoms with van der Waals surface area (Å²) in [4.78, 5) is 27.5. The smallest absolute Gasteiger partial charge is 0.348 e. The van der Waals surface area contributed by atoms with Crippen molar-refractivity contribution in [3.63, 3.8) is 0 Å². The topological polar surface area (TPSA) is 86.7 Å². The van der Waals surface area contributed by atoms with Gasteiger partial charge >= 0.3 is 5.97 Å². The third kappa shape index (κ3) is 3.18. The minimum atomic E-state index is -0.480. The van der Waals surface area contributed by atoms with Crippen LogP contribution in [-0.2, 0) is 11.3 Å². The quantitative estimate of drug-likeness (QED) is 0.268. The molecule has 0 atom stereocenters.